The molecule has 1 saturated carbocycles. The highest BCUT2D eigenvalue weighted by molar-refractivity contribution is 5.78. The van der Waals surface area contributed by atoms with Gasteiger partial charge in [-0.2, -0.15) is 4.39 Å². The van der Waals surface area contributed by atoms with Gasteiger partial charge in [0.2, 0.25) is 11.9 Å². The standard InChI is InChI=1S/C24H25FN4O3/c25-22-16(2-1-8-27-22)15-5-6-19-17(11-15)24(13-31-23(26)28-24)18-12-29(9-7-20(18)32-19)21(30)10-14-3-4-14/h1-2,5-6,8,11,14,18,20H,3-4,7,9-10,12-13H2,(H2,26,28). The van der Waals surface area contributed by atoms with Crippen molar-refractivity contribution in [1.82, 2.24) is 9.88 Å². The Morgan fingerprint density at radius 3 is 2.91 bits per heavy atom. The van der Waals surface area contributed by atoms with E-state index in [9.17, 15) is 9.18 Å². The lowest BCUT2D eigenvalue weighted by Gasteiger charge is -2.49. The molecule has 4 aliphatic rings. The van der Waals surface area contributed by atoms with Gasteiger partial charge >= 0.3 is 0 Å². The van der Waals surface area contributed by atoms with E-state index in [0.29, 0.717) is 42.3 Å². The molecule has 3 unspecified atom stereocenters. The van der Waals surface area contributed by atoms with E-state index >= 15 is 0 Å². The minimum atomic E-state index is -0.768. The molecule has 32 heavy (non-hydrogen) atoms. The second kappa shape index (κ2) is 7.18. The smallest absolute Gasteiger partial charge is 0.283 e. The minimum Gasteiger partial charge on any atom is -0.490 e. The summed E-state index contributed by atoms with van der Waals surface area (Å²) in [4.78, 5) is 23.4. The number of ether oxygens (including phenoxy) is 2. The molecule has 7 nitrogen and oxygen atoms in total. The number of halogens is 1. The van der Waals surface area contributed by atoms with Gasteiger partial charge in [-0.25, -0.2) is 9.98 Å². The SMILES string of the molecule is NC1=NC2(CO1)c1cc(-c3cccnc3F)ccc1OC1CCN(C(=O)CC3CC3)CC12. The van der Waals surface area contributed by atoms with E-state index in [1.807, 2.05) is 23.1 Å². The summed E-state index contributed by atoms with van der Waals surface area (Å²) in [5.41, 5.74) is 7.14. The maximum absolute atomic E-state index is 14.4. The second-order valence-electron chi connectivity index (χ2n) is 9.25. The molecule has 6 rings (SSSR count). The molecule has 1 aromatic heterocycles. The predicted molar refractivity (Wildman–Crippen MR) is 115 cm³/mol. The fourth-order valence-corrected chi connectivity index (χ4v) is 5.33. The van der Waals surface area contributed by atoms with Crippen LogP contribution >= 0.6 is 0 Å². The first-order valence-corrected chi connectivity index (χ1v) is 11.2. The molecule has 4 heterocycles. The van der Waals surface area contributed by atoms with Crippen molar-refractivity contribution in [2.75, 3.05) is 19.7 Å². The molecule has 1 aliphatic carbocycles. The maximum Gasteiger partial charge on any atom is 0.283 e. The van der Waals surface area contributed by atoms with Crippen LogP contribution in [0.3, 0.4) is 0 Å². The van der Waals surface area contributed by atoms with Crippen molar-refractivity contribution in [1.29, 1.82) is 0 Å². The summed E-state index contributed by atoms with van der Waals surface area (Å²) in [5, 5.41) is 0. The molecule has 2 N–H and O–H groups in total. The number of benzene rings is 1. The minimum absolute atomic E-state index is 0.0910. The Morgan fingerprint density at radius 2 is 2.16 bits per heavy atom. The van der Waals surface area contributed by atoms with Gasteiger partial charge in [0.1, 0.15) is 24.0 Å². The lowest BCUT2D eigenvalue weighted by molar-refractivity contribution is -0.137. The van der Waals surface area contributed by atoms with Crippen LogP contribution in [0.2, 0.25) is 0 Å². The largest absolute Gasteiger partial charge is 0.490 e. The van der Waals surface area contributed by atoms with Crippen LogP contribution in [0.25, 0.3) is 11.1 Å². The number of carbonyl (C=O) groups excluding carboxylic acids is 1. The molecule has 2 fully saturated rings. The third kappa shape index (κ3) is 3.12. The number of aromatic nitrogens is 1. The van der Waals surface area contributed by atoms with Crippen LogP contribution in [0.15, 0.2) is 41.5 Å². The Bertz CT molecular complexity index is 1120. The monoisotopic (exact) mass is 436 g/mol. The highest BCUT2D eigenvalue weighted by atomic mass is 19.1. The molecular weight excluding hydrogens is 411 g/mol. The maximum atomic E-state index is 14.4. The number of amides is 1. The van der Waals surface area contributed by atoms with Crippen molar-refractivity contribution in [3.63, 3.8) is 0 Å². The molecule has 1 spiro atoms. The number of fused-ring (bicyclic) bond motifs is 4. The van der Waals surface area contributed by atoms with E-state index in [0.717, 1.165) is 24.8 Å². The van der Waals surface area contributed by atoms with Crippen LogP contribution in [0, 0.1) is 17.8 Å². The van der Waals surface area contributed by atoms with Crippen LogP contribution < -0.4 is 10.5 Å². The molecule has 166 valence electrons. The number of hydrogen-bond donors (Lipinski definition) is 1. The number of nitrogens with zero attached hydrogens (tertiary/aromatic N) is 3. The molecule has 0 radical (unpaired) electrons. The highest BCUT2D eigenvalue weighted by Crippen LogP contribution is 2.51. The average Bonchev–Trinajstić information content (AvgIpc) is 3.53. The Hall–Kier alpha value is -3.16. The van der Waals surface area contributed by atoms with Gasteiger partial charge in [-0.05, 0) is 48.6 Å². The van der Waals surface area contributed by atoms with Crippen molar-refractivity contribution < 1.29 is 18.7 Å². The summed E-state index contributed by atoms with van der Waals surface area (Å²) in [6, 6.07) is 9.15. The van der Waals surface area contributed by atoms with Crippen LogP contribution in [0.5, 0.6) is 5.75 Å². The lowest BCUT2D eigenvalue weighted by atomic mass is 9.71. The molecule has 2 aromatic rings. The summed E-state index contributed by atoms with van der Waals surface area (Å²) in [6.45, 7) is 1.50. The Kier molecular flexibility index (Phi) is 4.38. The first kappa shape index (κ1) is 19.5. The number of rotatable bonds is 3. The zero-order chi connectivity index (χ0) is 21.9. The number of amidine groups is 1. The molecule has 3 aliphatic heterocycles. The zero-order valence-electron chi connectivity index (χ0n) is 17.7. The summed E-state index contributed by atoms with van der Waals surface area (Å²) in [5.74, 6) is 0.823. The zero-order valence-corrected chi connectivity index (χ0v) is 17.7. The molecule has 8 heteroatoms. The van der Waals surface area contributed by atoms with E-state index in [2.05, 4.69) is 4.98 Å². The third-order valence-corrected chi connectivity index (χ3v) is 7.22. The van der Waals surface area contributed by atoms with Gasteiger partial charge in [0.25, 0.3) is 6.02 Å². The molecule has 0 bridgehead atoms. The first-order chi connectivity index (χ1) is 15.5. The predicted octanol–water partition coefficient (Wildman–Crippen LogP) is 2.84. The van der Waals surface area contributed by atoms with Gasteiger partial charge in [-0.1, -0.05) is 6.07 Å². The Balaban J connectivity index is 1.40. The molecular formula is C24H25FN4O3. The van der Waals surface area contributed by atoms with Gasteiger partial charge in [-0.15, -0.1) is 0 Å². The summed E-state index contributed by atoms with van der Waals surface area (Å²) < 4.78 is 26.5. The van der Waals surface area contributed by atoms with Crippen molar-refractivity contribution in [3.05, 3.63) is 48.0 Å². The summed E-state index contributed by atoms with van der Waals surface area (Å²) in [7, 11) is 0. The van der Waals surface area contributed by atoms with Gasteiger partial charge in [0.05, 0.1) is 0 Å². The number of aliphatic imine (C=N–C) groups is 1. The van der Waals surface area contributed by atoms with Crippen molar-refractivity contribution >= 4 is 11.9 Å². The van der Waals surface area contributed by atoms with Gasteiger partial charge < -0.3 is 20.1 Å². The highest BCUT2D eigenvalue weighted by Gasteiger charge is 2.56. The van der Waals surface area contributed by atoms with Gasteiger partial charge in [0.15, 0.2) is 0 Å². The van der Waals surface area contributed by atoms with Crippen molar-refractivity contribution in [3.8, 4) is 16.9 Å². The number of hydrogen-bond acceptors (Lipinski definition) is 6. The third-order valence-electron chi connectivity index (χ3n) is 7.22. The Labute approximate surface area is 185 Å². The number of piperidine rings is 1. The number of carbonyl (C=O) groups is 1. The Morgan fingerprint density at radius 1 is 1.28 bits per heavy atom. The number of nitrogens with two attached hydrogens (primary N) is 1. The normalized spacial score (nSPS) is 28.4. The number of likely N-dealkylation sites (tertiary alicyclic amines) is 1. The summed E-state index contributed by atoms with van der Waals surface area (Å²) in [6.07, 6.45) is 4.98. The second-order valence-corrected chi connectivity index (χ2v) is 9.25. The van der Waals surface area contributed by atoms with E-state index in [1.165, 1.54) is 6.20 Å². The van der Waals surface area contributed by atoms with Crippen LogP contribution in [-0.2, 0) is 15.1 Å². The van der Waals surface area contributed by atoms with Crippen molar-refractivity contribution in [2.24, 2.45) is 22.6 Å². The quantitative estimate of drug-likeness (QED) is 0.748. The van der Waals surface area contributed by atoms with E-state index in [4.69, 9.17) is 20.2 Å². The molecule has 1 aromatic carbocycles. The van der Waals surface area contributed by atoms with Crippen LogP contribution in [0.4, 0.5) is 4.39 Å². The summed E-state index contributed by atoms with van der Waals surface area (Å²) >= 11 is 0. The van der Waals surface area contributed by atoms with E-state index in [1.54, 1.807) is 12.1 Å². The topological polar surface area (TPSA) is 90.0 Å². The molecule has 3 atom stereocenters. The van der Waals surface area contributed by atoms with Gasteiger partial charge in [0, 0.05) is 49.2 Å². The first-order valence-electron chi connectivity index (χ1n) is 11.2. The lowest BCUT2D eigenvalue weighted by Crippen LogP contribution is -2.58. The molecule has 1 amide bonds. The fourth-order valence-electron chi connectivity index (χ4n) is 5.33. The van der Waals surface area contributed by atoms with E-state index < -0.39 is 11.5 Å². The van der Waals surface area contributed by atoms with E-state index in [-0.39, 0.29) is 30.6 Å². The van der Waals surface area contributed by atoms with Crippen molar-refractivity contribution in [2.45, 2.75) is 37.3 Å². The van der Waals surface area contributed by atoms with Crippen LogP contribution in [0.1, 0.15) is 31.2 Å². The number of pyridine rings is 1. The van der Waals surface area contributed by atoms with Gasteiger partial charge in [-0.3, -0.25) is 4.79 Å². The molecule has 1 saturated heterocycles. The van der Waals surface area contributed by atoms with Crippen LogP contribution in [-0.4, -0.2) is 47.6 Å². The average molecular weight is 436 g/mol. The fraction of sp³-hybridized carbons (Fsp3) is 0.458.